The third-order valence-corrected chi connectivity index (χ3v) is 4.62. The number of fused-ring (bicyclic) bond motifs is 1. The number of nitrogens with zero attached hydrogens (tertiary/aromatic N) is 2. The lowest BCUT2D eigenvalue weighted by Gasteiger charge is -2.24. The fourth-order valence-corrected chi connectivity index (χ4v) is 3.07. The van der Waals surface area contributed by atoms with E-state index in [9.17, 15) is 9.90 Å². The summed E-state index contributed by atoms with van der Waals surface area (Å²) in [5.74, 6) is -0.104. The van der Waals surface area contributed by atoms with Gasteiger partial charge in [0.15, 0.2) is 0 Å². The molecule has 2 N–H and O–H groups in total. The summed E-state index contributed by atoms with van der Waals surface area (Å²) in [6.07, 6.45) is 2.69. The molecule has 6 nitrogen and oxygen atoms in total. The van der Waals surface area contributed by atoms with Crippen LogP contribution in [0.1, 0.15) is 54.5 Å². The number of aliphatic hydroxyl groups excluding tert-OH is 1. The second-order valence-electron chi connectivity index (χ2n) is 6.47. The first-order valence-electron chi connectivity index (χ1n) is 7.56. The number of aromatic nitrogens is 2. The van der Waals surface area contributed by atoms with Crippen molar-refractivity contribution in [3.05, 3.63) is 17.0 Å². The van der Waals surface area contributed by atoms with Crippen molar-refractivity contribution < 1.29 is 14.6 Å². The first-order chi connectivity index (χ1) is 9.96. The Morgan fingerprint density at radius 2 is 2.24 bits per heavy atom. The highest BCUT2D eigenvalue weighted by Crippen LogP contribution is 2.44. The molecule has 1 aliphatic heterocycles. The number of aryl methyl sites for hydroxylation is 1. The molecular formula is C15H23N3O3. The molecule has 21 heavy (non-hydrogen) atoms. The van der Waals surface area contributed by atoms with E-state index in [1.807, 2.05) is 13.8 Å². The van der Waals surface area contributed by atoms with Crippen molar-refractivity contribution in [3.63, 3.8) is 0 Å². The van der Waals surface area contributed by atoms with Crippen LogP contribution in [0, 0.1) is 5.41 Å². The van der Waals surface area contributed by atoms with Crippen molar-refractivity contribution >= 4 is 5.91 Å². The van der Waals surface area contributed by atoms with Gasteiger partial charge in [0.1, 0.15) is 5.69 Å². The lowest BCUT2D eigenvalue weighted by molar-refractivity contribution is -0.00710. The van der Waals surface area contributed by atoms with Gasteiger partial charge in [-0.15, -0.1) is 0 Å². The lowest BCUT2D eigenvalue weighted by Crippen LogP contribution is -2.34. The van der Waals surface area contributed by atoms with Gasteiger partial charge >= 0.3 is 0 Å². The largest absolute Gasteiger partial charge is 0.396 e. The average molecular weight is 293 g/mol. The summed E-state index contributed by atoms with van der Waals surface area (Å²) in [6, 6.07) is 0. The molecule has 3 rings (SSSR count). The van der Waals surface area contributed by atoms with Crippen molar-refractivity contribution in [1.29, 1.82) is 0 Å². The van der Waals surface area contributed by atoms with E-state index in [-0.39, 0.29) is 30.1 Å². The first kappa shape index (κ1) is 14.5. The lowest BCUT2D eigenvalue weighted by atomic mass is 9.99. The van der Waals surface area contributed by atoms with E-state index in [1.54, 1.807) is 11.7 Å². The molecule has 2 heterocycles. The maximum Gasteiger partial charge on any atom is 0.269 e. The SMILES string of the molecule is C[C@@H]1Cc2c(nn(C)c2C(=O)NCC2(CO)CC2)[C@H](C)O1. The molecule has 1 amide bonds. The molecule has 1 aromatic rings. The molecular weight excluding hydrogens is 270 g/mol. The van der Waals surface area contributed by atoms with Gasteiger partial charge < -0.3 is 15.2 Å². The summed E-state index contributed by atoms with van der Waals surface area (Å²) >= 11 is 0. The van der Waals surface area contributed by atoms with Crippen molar-refractivity contribution in [2.45, 2.75) is 45.3 Å². The Hall–Kier alpha value is -1.40. The van der Waals surface area contributed by atoms with Gasteiger partial charge in [-0.25, -0.2) is 0 Å². The quantitative estimate of drug-likeness (QED) is 0.866. The average Bonchev–Trinajstić information content (AvgIpc) is 3.14. The summed E-state index contributed by atoms with van der Waals surface area (Å²) in [4.78, 5) is 12.5. The highest BCUT2D eigenvalue weighted by atomic mass is 16.5. The van der Waals surface area contributed by atoms with E-state index in [2.05, 4.69) is 10.4 Å². The maximum absolute atomic E-state index is 12.5. The molecule has 0 spiro atoms. The van der Waals surface area contributed by atoms with E-state index in [1.165, 1.54) is 0 Å². The van der Waals surface area contributed by atoms with Gasteiger partial charge in [0.05, 0.1) is 24.5 Å². The van der Waals surface area contributed by atoms with Gasteiger partial charge in [0.25, 0.3) is 5.91 Å². The number of nitrogens with one attached hydrogen (secondary N) is 1. The predicted molar refractivity (Wildman–Crippen MR) is 77.0 cm³/mol. The van der Waals surface area contributed by atoms with Crippen LogP contribution in [0.3, 0.4) is 0 Å². The van der Waals surface area contributed by atoms with Crippen LogP contribution in [0.2, 0.25) is 0 Å². The van der Waals surface area contributed by atoms with E-state index in [0.717, 1.165) is 24.1 Å². The van der Waals surface area contributed by atoms with Gasteiger partial charge in [0.2, 0.25) is 0 Å². The van der Waals surface area contributed by atoms with E-state index < -0.39 is 0 Å². The van der Waals surface area contributed by atoms with Crippen LogP contribution in [-0.4, -0.2) is 40.0 Å². The number of rotatable bonds is 4. The van der Waals surface area contributed by atoms with E-state index >= 15 is 0 Å². The van der Waals surface area contributed by atoms with Crippen LogP contribution in [-0.2, 0) is 18.2 Å². The summed E-state index contributed by atoms with van der Waals surface area (Å²) in [7, 11) is 1.80. The predicted octanol–water partition coefficient (Wildman–Crippen LogP) is 0.945. The minimum atomic E-state index is -0.104. The normalized spacial score (nSPS) is 26.3. The molecule has 1 aromatic heterocycles. The van der Waals surface area contributed by atoms with Crippen LogP contribution in [0.15, 0.2) is 0 Å². The summed E-state index contributed by atoms with van der Waals surface area (Å²) in [5.41, 5.74) is 2.40. The molecule has 1 saturated carbocycles. The van der Waals surface area contributed by atoms with Crippen LogP contribution in [0.4, 0.5) is 0 Å². The fraction of sp³-hybridized carbons (Fsp3) is 0.733. The topological polar surface area (TPSA) is 76.4 Å². The molecule has 2 atom stereocenters. The van der Waals surface area contributed by atoms with Crippen LogP contribution < -0.4 is 5.32 Å². The van der Waals surface area contributed by atoms with E-state index in [0.29, 0.717) is 18.7 Å². The zero-order chi connectivity index (χ0) is 15.2. The Morgan fingerprint density at radius 1 is 1.52 bits per heavy atom. The Labute approximate surface area is 124 Å². The molecule has 1 aliphatic carbocycles. The summed E-state index contributed by atoms with van der Waals surface area (Å²) in [5, 5.41) is 16.7. The minimum absolute atomic E-state index is 0.0799. The molecule has 0 unspecified atom stereocenters. The minimum Gasteiger partial charge on any atom is -0.396 e. The monoisotopic (exact) mass is 293 g/mol. The van der Waals surface area contributed by atoms with Crippen LogP contribution >= 0.6 is 0 Å². The smallest absolute Gasteiger partial charge is 0.269 e. The summed E-state index contributed by atoms with van der Waals surface area (Å²) < 4.78 is 7.41. The first-order valence-corrected chi connectivity index (χ1v) is 7.56. The number of carbonyl (C=O) groups is 1. The second kappa shape index (κ2) is 5.10. The van der Waals surface area contributed by atoms with Gasteiger partial charge in [0, 0.05) is 31.0 Å². The highest BCUT2D eigenvalue weighted by molar-refractivity contribution is 5.94. The highest BCUT2D eigenvalue weighted by Gasteiger charge is 2.42. The third kappa shape index (κ3) is 2.58. The zero-order valence-electron chi connectivity index (χ0n) is 12.8. The molecule has 0 radical (unpaired) electrons. The molecule has 116 valence electrons. The van der Waals surface area contributed by atoms with Crippen molar-refractivity contribution in [2.24, 2.45) is 12.5 Å². The van der Waals surface area contributed by atoms with E-state index in [4.69, 9.17) is 4.74 Å². The van der Waals surface area contributed by atoms with Crippen LogP contribution in [0.5, 0.6) is 0 Å². The van der Waals surface area contributed by atoms with Gasteiger partial charge in [-0.05, 0) is 26.7 Å². The van der Waals surface area contributed by atoms with Gasteiger partial charge in [-0.1, -0.05) is 0 Å². The number of amides is 1. The Kier molecular flexibility index (Phi) is 3.53. The molecule has 0 saturated heterocycles. The molecule has 1 fully saturated rings. The molecule has 2 aliphatic rings. The number of ether oxygens (including phenoxy) is 1. The number of hydrogen-bond acceptors (Lipinski definition) is 4. The fourth-order valence-electron chi connectivity index (χ4n) is 3.07. The number of aliphatic hydroxyl groups is 1. The van der Waals surface area contributed by atoms with Crippen molar-refractivity contribution in [2.75, 3.05) is 13.2 Å². The number of carbonyl (C=O) groups excluding carboxylic acids is 1. The molecule has 0 bridgehead atoms. The third-order valence-electron chi connectivity index (χ3n) is 4.62. The standard InChI is InChI=1S/C15H23N3O3/c1-9-6-11-12(10(2)21-9)17-18(3)13(11)14(20)16-7-15(8-19)4-5-15/h9-10,19H,4-8H2,1-3H3,(H,16,20)/t9-,10+/m1/s1. The number of hydrogen-bond donors (Lipinski definition) is 2. The maximum atomic E-state index is 12.5. The van der Waals surface area contributed by atoms with Gasteiger partial charge in [-0.3, -0.25) is 9.48 Å². The Bertz CT molecular complexity index is 563. The molecule has 0 aromatic carbocycles. The van der Waals surface area contributed by atoms with Gasteiger partial charge in [-0.2, -0.15) is 5.10 Å². The van der Waals surface area contributed by atoms with Crippen molar-refractivity contribution in [3.8, 4) is 0 Å². The Morgan fingerprint density at radius 3 is 2.86 bits per heavy atom. The van der Waals surface area contributed by atoms with Crippen LogP contribution in [0.25, 0.3) is 0 Å². The van der Waals surface area contributed by atoms with Crippen molar-refractivity contribution in [1.82, 2.24) is 15.1 Å². The Balaban J connectivity index is 1.80. The zero-order valence-corrected chi connectivity index (χ0v) is 12.8. The second-order valence-corrected chi connectivity index (χ2v) is 6.47. The summed E-state index contributed by atoms with van der Waals surface area (Å²) in [6.45, 7) is 4.65. The molecule has 6 heteroatoms.